The molecule has 0 aliphatic heterocycles. The van der Waals surface area contributed by atoms with Crippen molar-refractivity contribution in [2.75, 3.05) is 11.9 Å². The Bertz CT molecular complexity index is 644. The molecule has 0 aromatic heterocycles. The van der Waals surface area contributed by atoms with Gasteiger partial charge in [0.2, 0.25) is 0 Å². The summed E-state index contributed by atoms with van der Waals surface area (Å²) in [5.41, 5.74) is 3.05. The predicted octanol–water partition coefficient (Wildman–Crippen LogP) is 4.88. The van der Waals surface area contributed by atoms with Crippen molar-refractivity contribution < 1.29 is 4.79 Å². The molecule has 2 rings (SSSR count). The second-order valence-electron chi connectivity index (χ2n) is 4.69. The van der Waals surface area contributed by atoms with Crippen LogP contribution in [0.5, 0.6) is 0 Å². The molecule has 0 aliphatic carbocycles. The maximum absolute atomic E-state index is 11.8. The molecule has 0 fully saturated rings. The smallest absolute Gasteiger partial charge is 0.319 e. The number of urea groups is 1. The van der Waals surface area contributed by atoms with Crippen molar-refractivity contribution in [3.05, 3.63) is 62.5 Å². The van der Waals surface area contributed by atoms with Crippen molar-refractivity contribution in [3.8, 4) is 0 Å². The third-order valence-electron chi connectivity index (χ3n) is 3.05. The van der Waals surface area contributed by atoms with Gasteiger partial charge in [-0.15, -0.1) is 0 Å². The van der Waals surface area contributed by atoms with Crippen LogP contribution in [0.25, 0.3) is 0 Å². The zero-order valence-electron chi connectivity index (χ0n) is 11.6. The van der Waals surface area contributed by atoms with E-state index >= 15 is 0 Å². The lowest BCUT2D eigenvalue weighted by Crippen LogP contribution is -2.30. The molecule has 0 saturated heterocycles. The molecule has 0 saturated carbocycles. The van der Waals surface area contributed by atoms with Crippen molar-refractivity contribution >= 4 is 43.6 Å². The van der Waals surface area contributed by atoms with Crippen LogP contribution in [0.2, 0.25) is 0 Å². The summed E-state index contributed by atoms with van der Waals surface area (Å²) in [5, 5.41) is 5.69. The largest absolute Gasteiger partial charge is 0.338 e. The Hall–Kier alpha value is -1.33. The van der Waals surface area contributed by atoms with E-state index in [9.17, 15) is 4.79 Å². The van der Waals surface area contributed by atoms with Gasteiger partial charge in [0.25, 0.3) is 0 Å². The van der Waals surface area contributed by atoms with Gasteiger partial charge in [0.15, 0.2) is 0 Å². The highest BCUT2D eigenvalue weighted by atomic mass is 79.9. The molecule has 2 aromatic carbocycles. The number of amides is 2. The summed E-state index contributed by atoms with van der Waals surface area (Å²) >= 11 is 6.94. The fraction of sp³-hybridized carbons (Fsp3) is 0.188. The second kappa shape index (κ2) is 7.61. The molecule has 0 radical (unpaired) electrons. The van der Waals surface area contributed by atoms with Crippen molar-refractivity contribution in [2.45, 2.75) is 13.3 Å². The maximum Gasteiger partial charge on any atom is 0.319 e. The number of carbonyl (C=O) groups excluding carboxylic acids is 1. The summed E-state index contributed by atoms with van der Waals surface area (Å²) in [6, 6.07) is 13.5. The van der Waals surface area contributed by atoms with Gasteiger partial charge in [-0.25, -0.2) is 4.79 Å². The minimum Gasteiger partial charge on any atom is -0.338 e. The predicted molar refractivity (Wildman–Crippen MR) is 93.7 cm³/mol. The maximum atomic E-state index is 11.8. The molecule has 0 bridgehead atoms. The summed E-state index contributed by atoms with van der Waals surface area (Å²) in [5.74, 6) is 0. The molecule has 0 unspecified atom stereocenters. The Morgan fingerprint density at radius 2 is 1.86 bits per heavy atom. The lowest BCUT2D eigenvalue weighted by molar-refractivity contribution is 0.252. The number of halogens is 2. The Balaban J connectivity index is 1.82. The first-order valence-corrected chi connectivity index (χ1v) is 8.19. The van der Waals surface area contributed by atoms with Gasteiger partial charge < -0.3 is 10.6 Å². The minimum atomic E-state index is -0.191. The van der Waals surface area contributed by atoms with Gasteiger partial charge >= 0.3 is 6.03 Å². The van der Waals surface area contributed by atoms with Gasteiger partial charge in [-0.3, -0.25) is 0 Å². The lowest BCUT2D eigenvalue weighted by Gasteiger charge is -2.09. The summed E-state index contributed by atoms with van der Waals surface area (Å²) in [7, 11) is 0. The summed E-state index contributed by atoms with van der Waals surface area (Å²) in [4.78, 5) is 11.8. The number of rotatable bonds is 4. The molecule has 2 amide bonds. The number of aryl methyl sites for hydroxylation is 1. The van der Waals surface area contributed by atoms with Crippen molar-refractivity contribution in [2.24, 2.45) is 0 Å². The Labute approximate surface area is 141 Å². The van der Waals surface area contributed by atoms with E-state index in [1.165, 1.54) is 5.56 Å². The highest BCUT2D eigenvalue weighted by molar-refractivity contribution is 9.10. The van der Waals surface area contributed by atoms with E-state index in [0.29, 0.717) is 6.54 Å². The number of carbonyl (C=O) groups is 1. The molecule has 110 valence electrons. The number of hydrogen-bond donors (Lipinski definition) is 2. The van der Waals surface area contributed by atoms with Crippen LogP contribution in [-0.2, 0) is 6.42 Å². The highest BCUT2D eigenvalue weighted by Crippen LogP contribution is 2.20. The van der Waals surface area contributed by atoms with Crippen LogP contribution >= 0.6 is 31.9 Å². The first kappa shape index (κ1) is 16.0. The van der Waals surface area contributed by atoms with Gasteiger partial charge in [0, 0.05) is 21.2 Å². The topological polar surface area (TPSA) is 41.1 Å². The van der Waals surface area contributed by atoms with Crippen LogP contribution in [0.3, 0.4) is 0 Å². The number of hydrogen-bond acceptors (Lipinski definition) is 1. The molecule has 3 nitrogen and oxygen atoms in total. The molecule has 0 aliphatic rings. The Morgan fingerprint density at radius 1 is 1.10 bits per heavy atom. The van der Waals surface area contributed by atoms with Crippen molar-refractivity contribution in [3.63, 3.8) is 0 Å². The number of anilines is 1. The zero-order chi connectivity index (χ0) is 15.2. The minimum absolute atomic E-state index is 0.191. The molecule has 2 aromatic rings. The third kappa shape index (κ3) is 4.86. The fourth-order valence-electron chi connectivity index (χ4n) is 1.91. The molecule has 0 heterocycles. The van der Waals surface area contributed by atoms with Crippen LogP contribution in [0, 0.1) is 6.92 Å². The molecule has 0 spiro atoms. The van der Waals surface area contributed by atoms with Gasteiger partial charge in [-0.05, 0) is 48.7 Å². The van der Waals surface area contributed by atoms with E-state index < -0.39 is 0 Å². The van der Waals surface area contributed by atoms with Crippen LogP contribution in [0.1, 0.15) is 11.1 Å². The van der Waals surface area contributed by atoms with Gasteiger partial charge in [-0.2, -0.15) is 0 Å². The first-order chi connectivity index (χ1) is 10.1. The summed E-state index contributed by atoms with van der Waals surface area (Å²) < 4.78 is 2.10. The zero-order valence-corrected chi connectivity index (χ0v) is 14.8. The van der Waals surface area contributed by atoms with E-state index in [0.717, 1.165) is 26.6 Å². The standard InChI is InChI=1S/C16H16Br2N2O/c1-11-10-13(6-7-14(11)17)20-16(21)19-9-8-12-4-2-3-5-15(12)18/h2-7,10H,8-9H2,1H3,(H2,19,20,21). The van der Waals surface area contributed by atoms with Crippen LogP contribution in [-0.4, -0.2) is 12.6 Å². The highest BCUT2D eigenvalue weighted by Gasteiger charge is 2.04. The normalized spacial score (nSPS) is 10.2. The molecular formula is C16H16Br2N2O. The SMILES string of the molecule is Cc1cc(NC(=O)NCCc2ccccc2Br)ccc1Br. The van der Waals surface area contributed by atoms with Gasteiger partial charge in [0.1, 0.15) is 0 Å². The fourth-order valence-corrected chi connectivity index (χ4v) is 2.64. The van der Waals surface area contributed by atoms with E-state index in [-0.39, 0.29) is 6.03 Å². The van der Waals surface area contributed by atoms with E-state index in [4.69, 9.17) is 0 Å². The monoisotopic (exact) mass is 410 g/mol. The number of nitrogens with one attached hydrogen (secondary N) is 2. The molecule has 5 heteroatoms. The molecule has 21 heavy (non-hydrogen) atoms. The van der Waals surface area contributed by atoms with Crippen LogP contribution in [0.4, 0.5) is 10.5 Å². The summed E-state index contributed by atoms with van der Waals surface area (Å²) in [6.07, 6.45) is 0.786. The molecule has 2 N–H and O–H groups in total. The van der Waals surface area contributed by atoms with E-state index in [1.807, 2.05) is 49.4 Å². The van der Waals surface area contributed by atoms with Crippen LogP contribution in [0.15, 0.2) is 51.4 Å². The van der Waals surface area contributed by atoms with Gasteiger partial charge in [0.05, 0.1) is 0 Å². The Morgan fingerprint density at radius 3 is 2.57 bits per heavy atom. The Kier molecular flexibility index (Phi) is 5.82. The van der Waals surface area contributed by atoms with E-state index in [2.05, 4.69) is 42.5 Å². The second-order valence-corrected chi connectivity index (χ2v) is 6.39. The average Bonchev–Trinajstić information content (AvgIpc) is 2.45. The third-order valence-corrected chi connectivity index (χ3v) is 4.72. The average molecular weight is 412 g/mol. The molecule has 0 atom stereocenters. The van der Waals surface area contributed by atoms with Crippen molar-refractivity contribution in [1.29, 1.82) is 0 Å². The molecular weight excluding hydrogens is 396 g/mol. The first-order valence-electron chi connectivity index (χ1n) is 6.60. The van der Waals surface area contributed by atoms with Gasteiger partial charge in [-0.1, -0.05) is 50.1 Å². The van der Waals surface area contributed by atoms with Crippen molar-refractivity contribution in [1.82, 2.24) is 5.32 Å². The lowest BCUT2D eigenvalue weighted by atomic mass is 10.1. The van der Waals surface area contributed by atoms with Crippen LogP contribution < -0.4 is 10.6 Å². The number of benzene rings is 2. The quantitative estimate of drug-likeness (QED) is 0.739. The summed E-state index contributed by atoms with van der Waals surface area (Å²) in [6.45, 7) is 2.57. The van der Waals surface area contributed by atoms with E-state index in [1.54, 1.807) is 0 Å².